The highest BCUT2D eigenvalue weighted by molar-refractivity contribution is 5.48. The third kappa shape index (κ3) is 3.64. The Hall–Kier alpha value is -1.73. The van der Waals surface area contributed by atoms with Crippen LogP contribution in [0.1, 0.15) is 32.4 Å². The molecule has 0 aliphatic carbocycles. The van der Waals surface area contributed by atoms with Gasteiger partial charge in [-0.05, 0) is 25.5 Å². The molecule has 1 aromatic carbocycles. The van der Waals surface area contributed by atoms with E-state index in [1.807, 2.05) is 6.92 Å². The first kappa shape index (κ1) is 14.3. The van der Waals surface area contributed by atoms with Crippen molar-refractivity contribution < 1.29 is 9.84 Å². The number of benzene rings is 1. The summed E-state index contributed by atoms with van der Waals surface area (Å²) in [5.74, 6) is 0.904. The second-order valence-corrected chi connectivity index (χ2v) is 4.49. The van der Waals surface area contributed by atoms with Crippen molar-refractivity contribution in [1.29, 1.82) is 5.26 Å². The fourth-order valence-corrected chi connectivity index (χ4v) is 1.62. The van der Waals surface area contributed by atoms with Crippen LogP contribution in [-0.4, -0.2) is 18.3 Å². The molecule has 18 heavy (non-hydrogen) atoms. The fraction of sp³-hybridized carbons (Fsp3) is 0.500. The highest BCUT2D eigenvalue weighted by Gasteiger charge is 2.17. The lowest BCUT2D eigenvalue weighted by Gasteiger charge is -2.16. The van der Waals surface area contributed by atoms with Crippen molar-refractivity contribution in [3.8, 4) is 17.6 Å². The van der Waals surface area contributed by atoms with Crippen LogP contribution in [0.3, 0.4) is 0 Å². The summed E-state index contributed by atoms with van der Waals surface area (Å²) in [6.07, 6.45) is 0. The van der Waals surface area contributed by atoms with Gasteiger partial charge >= 0.3 is 0 Å². The lowest BCUT2D eigenvalue weighted by atomic mass is 10.1. The third-order valence-corrected chi connectivity index (χ3v) is 2.50. The summed E-state index contributed by atoms with van der Waals surface area (Å²) in [5.41, 5.74) is 0.559. The van der Waals surface area contributed by atoms with E-state index in [0.29, 0.717) is 23.8 Å². The molecule has 2 N–H and O–H groups in total. The SMILES string of the molecule is CCOc1cccc(C(C#N)NCC(C)C)c1O. The van der Waals surface area contributed by atoms with E-state index in [9.17, 15) is 10.4 Å². The van der Waals surface area contributed by atoms with E-state index in [-0.39, 0.29) is 5.75 Å². The minimum absolute atomic E-state index is 0.0437. The van der Waals surface area contributed by atoms with Gasteiger partial charge in [-0.15, -0.1) is 0 Å². The van der Waals surface area contributed by atoms with Gasteiger partial charge in [-0.25, -0.2) is 0 Å². The van der Waals surface area contributed by atoms with Crippen LogP contribution in [0.5, 0.6) is 11.5 Å². The summed E-state index contributed by atoms with van der Waals surface area (Å²) >= 11 is 0. The number of nitrogens with one attached hydrogen (secondary N) is 1. The highest BCUT2D eigenvalue weighted by Crippen LogP contribution is 2.33. The van der Waals surface area contributed by atoms with Crippen molar-refractivity contribution in [2.45, 2.75) is 26.8 Å². The Morgan fingerprint density at radius 2 is 2.17 bits per heavy atom. The molecule has 4 nitrogen and oxygen atoms in total. The second kappa shape index (κ2) is 6.87. The molecule has 98 valence electrons. The Kier molecular flexibility index (Phi) is 5.47. The zero-order valence-corrected chi connectivity index (χ0v) is 11.1. The third-order valence-electron chi connectivity index (χ3n) is 2.50. The number of phenols is 1. The van der Waals surface area contributed by atoms with Gasteiger partial charge in [0.2, 0.25) is 0 Å². The average molecular weight is 248 g/mol. The molecular weight excluding hydrogens is 228 g/mol. The number of nitrogens with zero attached hydrogens (tertiary/aromatic N) is 1. The van der Waals surface area contributed by atoms with Gasteiger partial charge in [0.1, 0.15) is 6.04 Å². The van der Waals surface area contributed by atoms with Gasteiger partial charge in [0.25, 0.3) is 0 Å². The molecule has 4 heteroatoms. The normalized spacial score (nSPS) is 12.2. The monoisotopic (exact) mass is 248 g/mol. The molecule has 0 aliphatic rings. The lowest BCUT2D eigenvalue weighted by Crippen LogP contribution is -2.24. The zero-order valence-electron chi connectivity index (χ0n) is 11.1. The molecule has 0 saturated carbocycles. The van der Waals surface area contributed by atoms with Crippen molar-refractivity contribution in [2.24, 2.45) is 5.92 Å². The molecule has 0 amide bonds. The van der Waals surface area contributed by atoms with Crippen LogP contribution in [0.2, 0.25) is 0 Å². The van der Waals surface area contributed by atoms with Gasteiger partial charge in [-0.3, -0.25) is 5.32 Å². The minimum Gasteiger partial charge on any atom is -0.504 e. The number of rotatable bonds is 6. The number of aromatic hydroxyl groups is 1. The van der Waals surface area contributed by atoms with Gasteiger partial charge in [-0.1, -0.05) is 26.0 Å². The molecule has 1 aromatic rings. The van der Waals surface area contributed by atoms with Crippen LogP contribution < -0.4 is 10.1 Å². The number of ether oxygens (including phenoxy) is 1. The van der Waals surface area contributed by atoms with Crippen LogP contribution in [0.15, 0.2) is 18.2 Å². The van der Waals surface area contributed by atoms with Gasteiger partial charge in [0.15, 0.2) is 11.5 Å². The highest BCUT2D eigenvalue weighted by atomic mass is 16.5. The van der Waals surface area contributed by atoms with Crippen LogP contribution in [0, 0.1) is 17.2 Å². The van der Waals surface area contributed by atoms with E-state index in [1.165, 1.54) is 0 Å². The van der Waals surface area contributed by atoms with Gasteiger partial charge < -0.3 is 9.84 Å². The summed E-state index contributed by atoms with van der Waals surface area (Å²) in [4.78, 5) is 0. The average Bonchev–Trinajstić information content (AvgIpc) is 2.34. The summed E-state index contributed by atoms with van der Waals surface area (Å²) in [7, 11) is 0. The second-order valence-electron chi connectivity index (χ2n) is 4.49. The predicted molar refractivity (Wildman–Crippen MR) is 70.5 cm³/mol. The molecule has 0 aliphatic heterocycles. The summed E-state index contributed by atoms with van der Waals surface area (Å²) in [6.45, 7) is 7.19. The first-order chi connectivity index (χ1) is 8.60. The lowest BCUT2D eigenvalue weighted by molar-refractivity contribution is 0.315. The summed E-state index contributed by atoms with van der Waals surface area (Å²) in [6, 6.07) is 6.84. The van der Waals surface area contributed by atoms with Crippen LogP contribution in [-0.2, 0) is 0 Å². The molecule has 0 spiro atoms. The topological polar surface area (TPSA) is 65.3 Å². The summed E-state index contributed by atoms with van der Waals surface area (Å²) < 4.78 is 5.31. The maximum Gasteiger partial charge on any atom is 0.163 e. The smallest absolute Gasteiger partial charge is 0.163 e. The molecule has 0 radical (unpaired) electrons. The van der Waals surface area contributed by atoms with Crippen molar-refractivity contribution in [3.63, 3.8) is 0 Å². The Morgan fingerprint density at radius 1 is 1.44 bits per heavy atom. The Bertz CT molecular complexity index is 424. The number of nitriles is 1. The first-order valence-corrected chi connectivity index (χ1v) is 6.17. The van der Waals surface area contributed by atoms with E-state index < -0.39 is 6.04 Å². The zero-order chi connectivity index (χ0) is 13.5. The minimum atomic E-state index is -0.521. The molecule has 0 heterocycles. The molecule has 0 bridgehead atoms. The van der Waals surface area contributed by atoms with E-state index >= 15 is 0 Å². The molecule has 0 fully saturated rings. The maximum absolute atomic E-state index is 10.1. The number of phenolic OH excluding ortho intramolecular Hbond substituents is 1. The largest absolute Gasteiger partial charge is 0.504 e. The molecule has 0 aromatic heterocycles. The van der Waals surface area contributed by atoms with Crippen molar-refractivity contribution in [2.75, 3.05) is 13.2 Å². The Morgan fingerprint density at radius 3 is 2.72 bits per heavy atom. The Balaban J connectivity index is 2.92. The van der Waals surface area contributed by atoms with E-state index in [4.69, 9.17) is 4.74 Å². The molecule has 0 saturated heterocycles. The van der Waals surface area contributed by atoms with Gasteiger partial charge in [-0.2, -0.15) is 5.26 Å². The van der Waals surface area contributed by atoms with Gasteiger partial charge in [0, 0.05) is 5.56 Å². The van der Waals surface area contributed by atoms with E-state index in [1.54, 1.807) is 18.2 Å². The van der Waals surface area contributed by atoms with Crippen LogP contribution in [0.4, 0.5) is 0 Å². The fourth-order valence-electron chi connectivity index (χ4n) is 1.62. The Labute approximate surface area is 108 Å². The van der Waals surface area contributed by atoms with Crippen molar-refractivity contribution >= 4 is 0 Å². The van der Waals surface area contributed by atoms with Crippen LogP contribution in [0.25, 0.3) is 0 Å². The number of para-hydroxylation sites is 1. The number of hydrogen-bond acceptors (Lipinski definition) is 4. The quantitative estimate of drug-likeness (QED) is 0.812. The standard InChI is InChI=1S/C14H20N2O2/c1-4-18-13-7-5-6-11(14(13)17)12(8-15)16-9-10(2)3/h5-7,10,12,16-17H,4,9H2,1-3H3. The number of hydrogen-bond donors (Lipinski definition) is 2. The summed E-state index contributed by atoms with van der Waals surface area (Å²) in [5, 5.41) is 22.4. The van der Waals surface area contributed by atoms with Crippen LogP contribution >= 0.6 is 0 Å². The van der Waals surface area contributed by atoms with Crippen molar-refractivity contribution in [1.82, 2.24) is 5.32 Å². The maximum atomic E-state index is 10.1. The first-order valence-electron chi connectivity index (χ1n) is 6.17. The van der Waals surface area contributed by atoms with E-state index in [2.05, 4.69) is 25.2 Å². The van der Waals surface area contributed by atoms with E-state index in [0.717, 1.165) is 6.54 Å². The molecule has 1 unspecified atom stereocenters. The molecular formula is C14H20N2O2. The van der Waals surface area contributed by atoms with Crippen molar-refractivity contribution in [3.05, 3.63) is 23.8 Å². The van der Waals surface area contributed by atoms with Gasteiger partial charge in [0.05, 0.1) is 12.7 Å². The molecule has 1 atom stereocenters. The predicted octanol–water partition coefficient (Wildman–Crippen LogP) is 2.60. The molecule has 1 rings (SSSR count).